The standard InChI is InChI=1S/C55H63F2N9O7S/c1-35(2)43-6-4-5-7-44(43)49-34-63(33-37-8-10-38(56)11-9-37)22-23-65(49)40-27-55(28-40)18-20-64(21-19-55)39-12-13-45(50(24-39)73-41-25-46-47(57)32-61-51(46)59-30-41)53(67)62-74(71,72)42-26-48(66(69)70)52(60-31-42)58-29-36-14-16-54(3,68)17-15-36/h4-13,24-26,30-32,35-36,40,49,68H,14-23,27-29,33-34H2,1-3H3,(H,58,60)(H,59,61)(H,62,67)/t36?,49-,54?/m0/s1. The lowest BCUT2D eigenvalue weighted by atomic mass is 9.59. The Morgan fingerprint density at radius 3 is 2.43 bits per heavy atom. The second-order valence-electron chi connectivity index (χ2n) is 21.5. The normalized spacial score (nSPS) is 21.7. The molecule has 2 saturated heterocycles. The molecular formula is C55H63F2N9O7S. The van der Waals surface area contributed by atoms with Gasteiger partial charge in [0.15, 0.2) is 0 Å². The molecule has 74 heavy (non-hydrogen) atoms. The van der Waals surface area contributed by atoms with Crippen LogP contribution in [0.2, 0.25) is 0 Å². The maximum Gasteiger partial charge on any atom is 0.312 e. The van der Waals surface area contributed by atoms with Crippen molar-refractivity contribution in [3.8, 4) is 11.5 Å². The zero-order valence-electron chi connectivity index (χ0n) is 41.9. The highest BCUT2D eigenvalue weighted by atomic mass is 32.2. The van der Waals surface area contributed by atoms with E-state index in [0.29, 0.717) is 49.8 Å². The molecule has 4 aliphatic rings. The molecule has 2 aliphatic heterocycles. The summed E-state index contributed by atoms with van der Waals surface area (Å²) in [6.45, 7) is 11.6. The Balaban J connectivity index is 0.840. The van der Waals surface area contributed by atoms with Crippen molar-refractivity contribution in [3.63, 3.8) is 0 Å². The van der Waals surface area contributed by atoms with Crippen molar-refractivity contribution in [1.29, 1.82) is 0 Å². The number of sulfonamides is 1. The van der Waals surface area contributed by atoms with Crippen LogP contribution in [-0.4, -0.2) is 100 Å². The van der Waals surface area contributed by atoms with Gasteiger partial charge in [0.1, 0.15) is 33.7 Å². The number of piperazine rings is 1. The van der Waals surface area contributed by atoms with Crippen LogP contribution in [0.5, 0.6) is 11.5 Å². The number of amides is 1. The Bertz CT molecular complexity index is 3150. The number of ether oxygens (including phenoxy) is 1. The van der Waals surface area contributed by atoms with E-state index < -0.39 is 42.9 Å². The summed E-state index contributed by atoms with van der Waals surface area (Å²) >= 11 is 0. The number of pyridine rings is 2. The lowest BCUT2D eigenvalue weighted by Gasteiger charge is -2.58. The van der Waals surface area contributed by atoms with Gasteiger partial charge < -0.3 is 25.0 Å². The minimum Gasteiger partial charge on any atom is -0.455 e. The van der Waals surface area contributed by atoms with Gasteiger partial charge in [-0.2, -0.15) is 0 Å². The lowest BCUT2D eigenvalue weighted by molar-refractivity contribution is -0.384. The van der Waals surface area contributed by atoms with Crippen LogP contribution >= 0.6 is 0 Å². The maximum absolute atomic E-state index is 14.7. The van der Waals surface area contributed by atoms with Crippen molar-refractivity contribution in [2.24, 2.45) is 11.3 Å². The molecule has 0 bridgehead atoms. The van der Waals surface area contributed by atoms with E-state index in [1.54, 1.807) is 19.1 Å². The maximum atomic E-state index is 14.7. The average molecular weight is 1030 g/mol. The summed E-state index contributed by atoms with van der Waals surface area (Å²) in [5.41, 5.74) is 3.56. The van der Waals surface area contributed by atoms with E-state index in [1.807, 2.05) is 12.1 Å². The molecule has 3 aromatic carbocycles. The number of carbonyl (C=O) groups excluding carboxylic acids is 1. The molecule has 3 aromatic heterocycles. The van der Waals surface area contributed by atoms with Gasteiger partial charge in [-0.15, -0.1) is 0 Å². The molecule has 0 unspecified atom stereocenters. The van der Waals surface area contributed by atoms with E-state index in [-0.39, 0.29) is 51.5 Å². The SMILES string of the molecule is CC(C)c1ccccc1[C@@H]1CN(Cc2ccc(F)cc2)CCN1C1CC2(CCN(c3ccc(C(=O)NS(=O)(=O)c4cnc(NCC5CCC(C)(O)CC5)c([N+](=O)[O-])c4)c(Oc4cnc5[nH]cc(F)c5c4)c3)CC2)C1. The second-order valence-corrected chi connectivity index (χ2v) is 23.2. The molecule has 6 aromatic rings. The summed E-state index contributed by atoms with van der Waals surface area (Å²) in [7, 11) is -4.71. The molecule has 2 aliphatic carbocycles. The third kappa shape index (κ3) is 11.0. The van der Waals surface area contributed by atoms with Crippen LogP contribution in [0.25, 0.3) is 11.0 Å². The van der Waals surface area contributed by atoms with E-state index in [2.05, 4.69) is 77.8 Å². The third-order valence-corrected chi connectivity index (χ3v) is 17.3. The highest BCUT2D eigenvalue weighted by molar-refractivity contribution is 7.90. The number of rotatable bonds is 15. The van der Waals surface area contributed by atoms with Gasteiger partial charge in [-0.1, -0.05) is 50.2 Å². The van der Waals surface area contributed by atoms with E-state index in [4.69, 9.17) is 4.74 Å². The van der Waals surface area contributed by atoms with E-state index in [0.717, 1.165) is 88.5 Å². The molecule has 10 rings (SSSR count). The Labute approximate surface area is 429 Å². The number of piperidine rings is 1. The van der Waals surface area contributed by atoms with Crippen molar-refractivity contribution < 1.29 is 36.8 Å². The number of nitro groups is 1. The summed E-state index contributed by atoms with van der Waals surface area (Å²) in [4.78, 5) is 43.5. The Morgan fingerprint density at radius 2 is 1.70 bits per heavy atom. The number of hydrogen-bond donors (Lipinski definition) is 4. The summed E-state index contributed by atoms with van der Waals surface area (Å²) in [6.07, 6.45) is 10.2. The van der Waals surface area contributed by atoms with Gasteiger partial charge in [-0.25, -0.2) is 31.9 Å². The highest BCUT2D eigenvalue weighted by Crippen LogP contribution is 2.53. The number of H-pyrrole nitrogens is 1. The first-order chi connectivity index (χ1) is 35.4. The molecule has 5 heterocycles. The van der Waals surface area contributed by atoms with Crippen LogP contribution in [0.1, 0.15) is 111 Å². The number of halogens is 2. The molecular weight excluding hydrogens is 969 g/mol. The number of hydrogen-bond acceptors (Lipinski definition) is 13. The molecule has 1 atom stereocenters. The quantitative estimate of drug-likeness (QED) is 0.0560. The molecule has 4 N–H and O–H groups in total. The van der Waals surface area contributed by atoms with Crippen LogP contribution in [0, 0.1) is 33.1 Å². The molecule has 4 fully saturated rings. The molecule has 0 radical (unpaired) electrons. The number of anilines is 2. The van der Waals surface area contributed by atoms with Gasteiger partial charge in [0.2, 0.25) is 5.82 Å². The van der Waals surface area contributed by atoms with Gasteiger partial charge in [0.25, 0.3) is 15.9 Å². The van der Waals surface area contributed by atoms with Gasteiger partial charge in [-0.05, 0) is 123 Å². The van der Waals surface area contributed by atoms with Crippen molar-refractivity contribution in [3.05, 3.63) is 141 Å². The Morgan fingerprint density at radius 1 is 0.959 bits per heavy atom. The number of aromatic nitrogens is 3. The predicted octanol–water partition coefficient (Wildman–Crippen LogP) is 9.84. The summed E-state index contributed by atoms with van der Waals surface area (Å²) in [5, 5.41) is 25.7. The van der Waals surface area contributed by atoms with Gasteiger partial charge >= 0.3 is 5.69 Å². The molecule has 19 heteroatoms. The molecule has 16 nitrogen and oxygen atoms in total. The fourth-order valence-electron chi connectivity index (χ4n) is 11.7. The predicted molar refractivity (Wildman–Crippen MR) is 278 cm³/mol. The molecule has 1 spiro atoms. The summed E-state index contributed by atoms with van der Waals surface area (Å²) in [6, 6.07) is 23.4. The Hall–Kier alpha value is -6.54. The zero-order valence-corrected chi connectivity index (χ0v) is 42.7. The largest absolute Gasteiger partial charge is 0.455 e. The first-order valence-electron chi connectivity index (χ1n) is 25.6. The molecule has 1 amide bonds. The van der Waals surface area contributed by atoms with Crippen LogP contribution in [-0.2, 0) is 16.6 Å². The van der Waals surface area contributed by atoms with Crippen LogP contribution < -0.4 is 19.7 Å². The van der Waals surface area contributed by atoms with E-state index >= 15 is 0 Å². The number of aromatic amines is 1. The van der Waals surface area contributed by atoms with E-state index in [9.17, 15) is 37.2 Å². The first-order valence-corrected chi connectivity index (χ1v) is 27.1. The molecule has 390 valence electrons. The fourth-order valence-corrected chi connectivity index (χ4v) is 12.6. The first kappa shape index (κ1) is 51.0. The number of nitrogens with one attached hydrogen (secondary N) is 3. The number of benzene rings is 3. The second kappa shape index (κ2) is 20.6. The van der Waals surface area contributed by atoms with Crippen LogP contribution in [0.3, 0.4) is 0 Å². The average Bonchev–Trinajstić information content (AvgIpc) is 3.75. The van der Waals surface area contributed by atoms with Gasteiger partial charge in [0, 0.05) is 81.9 Å². The number of fused-ring (bicyclic) bond motifs is 1. The van der Waals surface area contributed by atoms with Gasteiger partial charge in [0.05, 0.1) is 33.9 Å². The number of aliphatic hydroxyl groups is 1. The summed E-state index contributed by atoms with van der Waals surface area (Å²) in [5.74, 6) is -1.35. The highest BCUT2D eigenvalue weighted by Gasteiger charge is 2.50. The number of carbonyl (C=O) groups is 1. The van der Waals surface area contributed by atoms with Gasteiger partial charge in [-0.3, -0.25) is 24.7 Å². The van der Waals surface area contributed by atoms with Crippen LogP contribution in [0.4, 0.5) is 26.0 Å². The monoisotopic (exact) mass is 1030 g/mol. The zero-order chi connectivity index (χ0) is 51.9. The van der Waals surface area contributed by atoms with Crippen LogP contribution in [0.15, 0.2) is 102 Å². The van der Waals surface area contributed by atoms with Crippen molar-refractivity contribution >= 4 is 44.2 Å². The van der Waals surface area contributed by atoms with Crippen molar-refractivity contribution in [2.45, 2.75) is 107 Å². The minimum atomic E-state index is -4.71. The number of nitrogens with zero attached hydrogens (tertiary/aromatic N) is 6. The third-order valence-electron chi connectivity index (χ3n) is 16.0. The van der Waals surface area contributed by atoms with Crippen molar-refractivity contribution in [2.75, 3.05) is 49.5 Å². The van der Waals surface area contributed by atoms with Crippen molar-refractivity contribution in [1.82, 2.24) is 29.5 Å². The summed E-state index contributed by atoms with van der Waals surface area (Å²) < 4.78 is 64.4. The minimum absolute atomic E-state index is 0.00421. The van der Waals surface area contributed by atoms with E-state index in [1.165, 1.54) is 47.8 Å². The Kier molecular flexibility index (Phi) is 14.2. The fraction of sp³-hybridized carbons (Fsp3) is 0.436. The molecule has 2 saturated carbocycles. The lowest BCUT2D eigenvalue weighted by Crippen LogP contribution is -2.60. The topological polar surface area (TPSA) is 199 Å². The smallest absolute Gasteiger partial charge is 0.312 e.